The van der Waals surface area contributed by atoms with Crippen LogP contribution >= 0.6 is 11.3 Å². The maximum Gasteiger partial charge on any atom is 0.0454 e. The molecule has 2 heterocycles. The predicted octanol–water partition coefficient (Wildman–Crippen LogP) is 4.14. The smallest absolute Gasteiger partial charge is 0.0454 e. The van der Waals surface area contributed by atoms with Gasteiger partial charge in [0.2, 0.25) is 0 Å². The van der Waals surface area contributed by atoms with Gasteiger partial charge in [-0.2, -0.15) is 0 Å². The average Bonchev–Trinajstić information content (AvgIpc) is 3.02. The van der Waals surface area contributed by atoms with Gasteiger partial charge >= 0.3 is 0 Å². The third kappa shape index (κ3) is 1.50. The number of anilines is 1. The molecule has 0 radical (unpaired) electrons. The molecule has 2 aliphatic rings. The average molecular weight is 243 g/mol. The number of thiophene rings is 1. The minimum atomic E-state index is 0.976. The molecule has 0 bridgehead atoms. The molecule has 2 heteroatoms. The summed E-state index contributed by atoms with van der Waals surface area (Å²) >= 11 is 1.85. The van der Waals surface area contributed by atoms with E-state index in [9.17, 15) is 0 Å². The van der Waals surface area contributed by atoms with Crippen LogP contribution < -0.4 is 4.90 Å². The zero-order chi connectivity index (χ0) is 11.2. The SMILES string of the molecule is c1cc(N2CC3CCCC3C2)c2ccsc2c1. The van der Waals surface area contributed by atoms with Crippen molar-refractivity contribution in [2.24, 2.45) is 11.8 Å². The Morgan fingerprint density at radius 1 is 1.06 bits per heavy atom. The van der Waals surface area contributed by atoms with Crippen LogP contribution in [0.1, 0.15) is 19.3 Å². The second-order valence-electron chi connectivity index (χ2n) is 5.47. The molecule has 1 aliphatic carbocycles. The molecule has 1 aliphatic heterocycles. The Hall–Kier alpha value is -1.02. The van der Waals surface area contributed by atoms with E-state index in [0.717, 1.165) is 11.8 Å². The van der Waals surface area contributed by atoms with Crippen molar-refractivity contribution in [1.29, 1.82) is 0 Å². The lowest BCUT2D eigenvalue weighted by molar-refractivity contribution is 0.494. The van der Waals surface area contributed by atoms with Gasteiger partial charge in [0, 0.05) is 28.9 Å². The molecule has 1 saturated carbocycles. The molecule has 0 N–H and O–H groups in total. The van der Waals surface area contributed by atoms with Crippen LogP contribution in [0, 0.1) is 11.8 Å². The summed E-state index contributed by atoms with van der Waals surface area (Å²) in [5.74, 6) is 1.95. The zero-order valence-corrected chi connectivity index (χ0v) is 10.7. The summed E-state index contributed by atoms with van der Waals surface area (Å²) in [6, 6.07) is 9.03. The lowest BCUT2D eigenvalue weighted by atomic mass is 10.0. The molecule has 0 amide bonds. The van der Waals surface area contributed by atoms with Crippen molar-refractivity contribution in [3.05, 3.63) is 29.6 Å². The number of hydrogen-bond acceptors (Lipinski definition) is 2. The summed E-state index contributed by atoms with van der Waals surface area (Å²) in [5.41, 5.74) is 1.47. The molecule has 2 unspecified atom stereocenters. The number of hydrogen-bond donors (Lipinski definition) is 0. The normalized spacial score (nSPS) is 27.9. The van der Waals surface area contributed by atoms with Gasteiger partial charge in [0.05, 0.1) is 0 Å². The van der Waals surface area contributed by atoms with Gasteiger partial charge in [-0.25, -0.2) is 0 Å². The van der Waals surface area contributed by atoms with Crippen LogP contribution in [0.3, 0.4) is 0 Å². The highest BCUT2D eigenvalue weighted by Crippen LogP contribution is 2.41. The maximum atomic E-state index is 2.63. The van der Waals surface area contributed by atoms with Gasteiger partial charge in [-0.3, -0.25) is 0 Å². The molecule has 1 saturated heterocycles. The van der Waals surface area contributed by atoms with Crippen molar-refractivity contribution < 1.29 is 0 Å². The molecule has 1 aromatic carbocycles. The summed E-state index contributed by atoms with van der Waals surface area (Å²) in [6.07, 6.45) is 4.38. The van der Waals surface area contributed by atoms with Crippen LogP contribution in [0.5, 0.6) is 0 Å². The summed E-state index contributed by atoms with van der Waals surface area (Å²) in [4.78, 5) is 2.63. The molecule has 4 rings (SSSR count). The summed E-state index contributed by atoms with van der Waals surface area (Å²) in [5, 5.41) is 3.67. The zero-order valence-electron chi connectivity index (χ0n) is 9.93. The van der Waals surface area contributed by atoms with E-state index in [1.807, 2.05) is 11.3 Å². The van der Waals surface area contributed by atoms with Crippen LogP contribution in [-0.4, -0.2) is 13.1 Å². The molecule has 2 atom stereocenters. The largest absolute Gasteiger partial charge is 0.370 e. The van der Waals surface area contributed by atoms with Gasteiger partial charge < -0.3 is 4.90 Å². The van der Waals surface area contributed by atoms with Crippen LogP contribution in [0.25, 0.3) is 10.1 Å². The van der Waals surface area contributed by atoms with E-state index < -0.39 is 0 Å². The Labute approximate surface area is 106 Å². The molecule has 0 spiro atoms. The predicted molar refractivity (Wildman–Crippen MR) is 74.9 cm³/mol. The van der Waals surface area contributed by atoms with Crippen LogP contribution in [0.4, 0.5) is 5.69 Å². The third-order valence-corrected chi connectivity index (χ3v) is 5.42. The lowest BCUT2D eigenvalue weighted by Gasteiger charge is -2.20. The van der Waals surface area contributed by atoms with Crippen molar-refractivity contribution >= 4 is 27.1 Å². The summed E-state index contributed by atoms with van der Waals surface area (Å²) in [7, 11) is 0. The quantitative estimate of drug-likeness (QED) is 0.727. The van der Waals surface area contributed by atoms with Crippen molar-refractivity contribution in [3.8, 4) is 0 Å². The van der Waals surface area contributed by atoms with Crippen LogP contribution in [0.2, 0.25) is 0 Å². The van der Waals surface area contributed by atoms with E-state index in [-0.39, 0.29) is 0 Å². The number of rotatable bonds is 1. The van der Waals surface area contributed by atoms with E-state index in [4.69, 9.17) is 0 Å². The van der Waals surface area contributed by atoms with Crippen molar-refractivity contribution in [3.63, 3.8) is 0 Å². The highest BCUT2D eigenvalue weighted by atomic mass is 32.1. The summed E-state index contributed by atoms with van der Waals surface area (Å²) < 4.78 is 1.43. The second-order valence-corrected chi connectivity index (χ2v) is 6.41. The van der Waals surface area contributed by atoms with Gasteiger partial charge in [-0.15, -0.1) is 11.3 Å². The molecule has 2 fully saturated rings. The van der Waals surface area contributed by atoms with Crippen molar-refractivity contribution in [1.82, 2.24) is 0 Å². The lowest BCUT2D eigenvalue weighted by Crippen LogP contribution is -2.20. The third-order valence-electron chi connectivity index (χ3n) is 4.54. The maximum absolute atomic E-state index is 2.63. The molecule has 2 aromatic rings. The van der Waals surface area contributed by atoms with Gasteiger partial charge in [0.15, 0.2) is 0 Å². The number of benzene rings is 1. The van der Waals surface area contributed by atoms with Crippen LogP contribution in [0.15, 0.2) is 29.6 Å². The summed E-state index contributed by atoms with van der Waals surface area (Å²) in [6.45, 7) is 2.58. The number of nitrogens with zero attached hydrogens (tertiary/aromatic N) is 1. The Balaban J connectivity index is 1.73. The van der Waals surface area contributed by atoms with E-state index in [1.54, 1.807) is 0 Å². The Morgan fingerprint density at radius 2 is 1.88 bits per heavy atom. The molecular weight excluding hydrogens is 226 g/mol. The van der Waals surface area contributed by atoms with E-state index >= 15 is 0 Å². The Kier molecular flexibility index (Phi) is 2.19. The first-order valence-corrected chi connectivity index (χ1v) is 7.51. The molecule has 88 valence electrons. The highest BCUT2D eigenvalue weighted by Gasteiger charge is 2.36. The van der Waals surface area contributed by atoms with Gasteiger partial charge in [0.1, 0.15) is 0 Å². The van der Waals surface area contributed by atoms with E-state index in [0.29, 0.717) is 0 Å². The monoisotopic (exact) mass is 243 g/mol. The first kappa shape index (κ1) is 9.95. The van der Waals surface area contributed by atoms with E-state index in [2.05, 4.69) is 34.5 Å². The van der Waals surface area contributed by atoms with Gasteiger partial charge in [0.25, 0.3) is 0 Å². The number of fused-ring (bicyclic) bond motifs is 2. The van der Waals surface area contributed by atoms with Gasteiger partial charge in [-0.1, -0.05) is 12.5 Å². The topological polar surface area (TPSA) is 3.24 Å². The minimum Gasteiger partial charge on any atom is -0.370 e. The van der Waals surface area contributed by atoms with Crippen molar-refractivity contribution in [2.45, 2.75) is 19.3 Å². The van der Waals surface area contributed by atoms with Gasteiger partial charge in [-0.05, 0) is 48.3 Å². The first-order chi connectivity index (χ1) is 8.42. The fraction of sp³-hybridized carbons (Fsp3) is 0.467. The fourth-order valence-electron chi connectivity index (χ4n) is 3.69. The standard InChI is InChI=1S/C15H17NS/c1-3-11-9-16(10-12(11)4-1)14-5-2-6-15-13(14)7-8-17-15/h2,5-8,11-12H,1,3-4,9-10H2. The molecular formula is C15H17NS. The van der Waals surface area contributed by atoms with Crippen LogP contribution in [-0.2, 0) is 0 Å². The first-order valence-electron chi connectivity index (χ1n) is 6.63. The Bertz CT molecular complexity index is 533. The molecule has 1 aromatic heterocycles. The van der Waals surface area contributed by atoms with E-state index in [1.165, 1.54) is 48.1 Å². The second kappa shape index (κ2) is 3.74. The van der Waals surface area contributed by atoms with Crippen molar-refractivity contribution in [2.75, 3.05) is 18.0 Å². The molecule has 1 nitrogen and oxygen atoms in total. The minimum absolute atomic E-state index is 0.976. The Morgan fingerprint density at radius 3 is 2.71 bits per heavy atom. The highest BCUT2D eigenvalue weighted by molar-refractivity contribution is 7.17. The molecule has 17 heavy (non-hydrogen) atoms. The fourth-order valence-corrected chi connectivity index (χ4v) is 4.49.